The highest BCUT2D eigenvalue weighted by Crippen LogP contribution is 2.46. The number of anilines is 2. The van der Waals surface area contributed by atoms with Crippen LogP contribution in [-0.4, -0.2) is 81.4 Å². The zero-order valence-electron chi connectivity index (χ0n) is 24.3. The predicted molar refractivity (Wildman–Crippen MR) is 163 cm³/mol. The number of piperazine rings is 1. The number of halogens is 3. The monoisotopic (exact) mass is 653 g/mol. The van der Waals surface area contributed by atoms with E-state index >= 15 is 8.78 Å². The zero-order valence-corrected chi connectivity index (χ0v) is 25.9. The van der Waals surface area contributed by atoms with Crippen molar-refractivity contribution in [3.8, 4) is 0 Å². The van der Waals surface area contributed by atoms with Gasteiger partial charge in [0.2, 0.25) is 21.8 Å². The summed E-state index contributed by atoms with van der Waals surface area (Å²) in [4.78, 5) is 32.1. The molecule has 11 nitrogen and oxygen atoms in total. The van der Waals surface area contributed by atoms with Gasteiger partial charge in [-0.05, 0) is 62.1 Å². The summed E-state index contributed by atoms with van der Waals surface area (Å²) in [5, 5.41) is 2.67. The van der Waals surface area contributed by atoms with E-state index in [4.69, 9.17) is 23.1 Å². The molecule has 2 aliphatic heterocycles. The molecule has 3 aliphatic rings. The highest BCUT2D eigenvalue weighted by atomic mass is 35.5. The lowest BCUT2D eigenvalue weighted by Gasteiger charge is -2.36. The summed E-state index contributed by atoms with van der Waals surface area (Å²) >= 11 is 6.21. The van der Waals surface area contributed by atoms with Crippen LogP contribution in [0.25, 0.3) is 0 Å². The van der Waals surface area contributed by atoms with Crippen molar-refractivity contribution in [2.24, 2.45) is 23.3 Å². The Labute approximate surface area is 260 Å². The maximum atomic E-state index is 15.7. The Morgan fingerprint density at radius 2 is 1.73 bits per heavy atom. The average molecular weight is 654 g/mol. The number of carbonyl (C=O) groups is 2. The van der Waals surface area contributed by atoms with Crippen LogP contribution in [0.2, 0.25) is 5.15 Å². The van der Waals surface area contributed by atoms with Crippen LogP contribution in [0.1, 0.15) is 37.7 Å². The van der Waals surface area contributed by atoms with Gasteiger partial charge < -0.3 is 26.6 Å². The summed E-state index contributed by atoms with van der Waals surface area (Å²) in [6.45, 7) is 1.78. The minimum atomic E-state index is -3.82. The second-order valence-electron chi connectivity index (χ2n) is 11.6. The number of amides is 2. The maximum absolute atomic E-state index is 15.7. The van der Waals surface area contributed by atoms with Gasteiger partial charge in [0.15, 0.2) is 0 Å². The van der Waals surface area contributed by atoms with E-state index < -0.39 is 21.9 Å². The van der Waals surface area contributed by atoms with Crippen LogP contribution in [0.15, 0.2) is 41.3 Å². The van der Waals surface area contributed by atoms with Crippen molar-refractivity contribution in [2.45, 2.75) is 49.0 Å². The predicted octanol–water partition coefficient (Wildman–Crippen LogP) is 2.28. The number of carbonyl (C=O) groups excluding carboxylic acids is 2. The number of nitrogens with two attached hydrogens (primary N) is 2. The number of benzene rings is 1. The molecule has 0 bridgehead atoms. The standard InChI is InChI=1S/C29H38ClF2N7O4S/c30-25-15-21(29(31,32)20-3-1-19(2-4-20)28(41)35-10-9-33)16-26(36-25)37-11-13-38(14-12-37)44(42,43)24-7-5-23(6-8-24)39-18-22(34)17-27(39)40/h5-8,15-16,19-20,22H,1-4,9-14,17-18,33-34H2,(H,35,41)/t19-,20-,22-/m1/s1. The maximum Gasteiger partial charge on any atom is 0.276 e. The fourth-order valence-electron chi connectivity index (χ4n) is 6.22. The molecule has 0 unspecified atom stereocenters. The number of hydrogen-bond acceptors (Lipinski definition) is 8. The third kappa shape index (κ3) is 6.84. The molecule has 1 aliphatic carbocycles. The molecule has 2 amide bonds. The van der Waals surface area contributed by atoms with E-state index in [-0.39, 0.29) is 90.6 Å². The van der Waals surface area contributed by atoms with Crippen LogP contribution >= 0.6 is 11.6 Å². The number of nitrogens with zero attached hydrogens (tertiary/aromatic N) is 4. The van der Waals surface area contributed by atoms with Crippen molar-refractivity contribution in [1.82, 2.24) is 14.6 Å². The molecule has 5 rings (SSSR count). The van der Waals surface area contributed by atoms with E-state index in [1.165, 1.54) is 28.6 Å². The van der Waals surface area contributed by atoms with Crippen molar-refractivity contribution in [3.05, 3.63) is 47.1 Å². The van der Waals surface area contributed by atoms with Crippen LogP contribution < -0.4 is 26.6 Å². The van der Waals surface area contributed by atoms with Gasteiger partial charge in [-0.3, -0.25) is 9.59 Å². The van der Waals surface area contributed by atoms with Crippen LogP contribution in [0, 0.1) is 11.8 Å². The Kier molecular flexibility index (Phi) is 9.75. The minimum Gasteiger partial charge on any atom is -0.355 e. The normalized spacial score (nSPS) is 23.7. The fraction of sp³-hybridized carbons (Fsp3) is 0.552. The number of alkyl halides is 2. The molecule has 0 spiro atoms. The summed E-state index contributed by atoms with van der Waals surface area (Å²) in [7, 11) is -3.82. The van der Waals surface area contributed by atoms with E-state index in [9.17, 15) is 18.0 Å². The molecule has 3 heterocycles. The average Bonchev–Trinajstić information content (AvgIpc) is 3.37. The molecule has 0 radical (unpaired) electrons. The minimum absolute atomic E-state index is 0.0698. The largest absolute Gasteiger partial charge is 0.355 e. The number of rotatable bonds is 9. The van der Waals surface area contributed by atoms with Crippen LogP contribution in [-0.2, 0) is 25.5 Å². The van der Waals surface area contributed by atoms with Gasteiger partial charge in [-0.25, -0.2) is 22.2 Å². The molecule has 2 saturated heterocycles. The Hall–Kier alpha value is -2.91. The van der Waals surface area contributed by atoms with E-state index in [0.29, 0.717) is 38.2 Å². The molecule has 15 heteroatoms. The Morgan fingerprint density at radius 1 is 1.07 bits per heavy atom. The molecule has 1 aromatic heterocycles. The van der Waals surface area contributed by atoms with E-state index in [1.807, 2.05) is 0 Å². The first-order valence-corrected chi connectivity index (χ1v) is 16.7. The van der Waals surface area contributed by atoms with Gasteiger partial charge in [-0.1, -0.05) is 11.6 Å². The summed E-state index contributed by atoms with van der Waals surface area (Å²) < 4.78 is 59.5. The van der Waals surface area contributed by atoms with Crippen LogP contribution in [0.5, 0.6) is 0 Å². The van der Waals surface area contributed by atoms with Gasteiger partial charge in [0.05, 0.1) is 4.90 Å². The van der Waals surface area contributed by atoms with Crippen molar-refractivity contribution in [2.75, 3.05) is 55.6 Å². The highest BCUT2D eigenvalue weighted by molar-refractivity contribution is 7.89. The van der Waals surface area contributed by atoms with Crippen molar-refractivity contribution in [1.29, 1.82) is 0 Å². The molecule has 44 heavy (non-hydrogen) atoms. The van der Waals surface area contributed by atoms with E-state index in [2.05, 4.69) is 10.3 Å². The number of pyridine rings is 1. The smallest absolute Gasteiger partial charge is 0.276 e. The summed E-state index contributed by atoms with van der Waals surface area (Å²) in [5.41, 5.74) is 11.6. The lowest BCUT2D eigenvalue weighted by atomic mass is 9.77. The topological polar surface area (TPSA) is 155 Å². The third-order valence-electron chi connectivity index (χ3n) is 8.72. The highest BCUT2D eigenvalue weighted by Gasteiger charge is 2.44. The first-order chi connectivity index (χ1) is 20.9. The Morgan fingerprint density at radius 3 is 2.32 bits per heavy atom. The Balaban J connectivity index is 1.22. The van der Waals surface area contributed by atoms with Gasteiger partial charge >= 0.3 is 0 Å². The van der Waals surface area contributed by atoms with Crippen molar-refractivity contribution < 1.29 is 26.8 Å². The van der Waals surface area contributed by atoms with E-state index in [0.717, 1.165) is 0 Å². The number of nitrogens with one attached hydrogen (secondary N) is 1. The molecule has 240 valence electrons. The Bertz CT molecular complexity index is 1460. The summed E-state index contributed by atoms with van der Waals surface area (Å²) in [5.74, 6) is -4.41. The molecule has 1 saturated carbocycles. The molecular weight excluding hydrogens is 616 g/mol. The number of sulfonamides is 1. The number of aromatic nitrogens is 1. The fourth-order valence-corrected chi connectivity index (χ4v) is 7.85. The number of hydrogen-bond donors (Lipinski definition) is 3. The second-order valence-corrected chi connectivity index (χ2v) is 14.0. The van der Waals surface area contributed by atoms with Gasteiger partial charge in [-0.15, -0.1) is 0 Å². The van der Waals surface area contributed by atoms with Gasteiger partial charge in [-0.2, -0.15) is 4.31 Å². The van der Waals surface area contributed by atoms with Gasteiger partial charge in [0.25, 0.3) is 5.92 Å². The molecule has 3 fully saturated rings. The summed E-state index contributed by atoms with van der Waals surface area (Å²) in [6.07, 6.45) is 1.38. The molecular formula is C29H38ClF2N7O4S. The molecule has 1 aromatic carbocycles. The molecule has 5 N–H and O–H groups in total. The van der Waals surface area contributed by atoms with Gasteiger partial charge in [0, 0.05) is 81.4 Å². The van der Waals surface area contributed by atoms with Crippen LogP contribution in [0.3, 0.4) is 0 Å². The SMILES string of the molecule is NCCNC(=O)[C@H]1CC[C@H](C(F)(F)c2cc(Cl)nc(N3CCN(S(=O)(=O)c4ccc(N5C[C@H](N)CC5=O)cc4)CC3)c2)CC1. The lowest BCUT2D eigenvalue weighted by Crippen LogP contribution is -2.49. The van der Waals surface area contributed by atoms with E-state index in [1.54, 1.807) is 21.9 Å². The molecule has 1 atom stereocenters. The first-order valence-electron chi connectivity index (χ1n) is 14.8. The van der Waals surface area contributed by atoms with Gasteiger partial charge in [0.1, 0.15) is 11.0 Å². The second kappa shape index (κ2) is 13.2. The van der Waals surface area contributed by atoms with Crippen molar-refractivity contribution >= 4 is 44.9 Å². The zero-order chi connectivity index (χ0) is 31.6. The van der Waals surface area contributed by atoms with Crippen LogP contribution in [0.4, 0.5) is 20.3 Å². The molecule has 2 aromatic rings. The third-order valence-corrected chi connectivity index (χ3v) is 10.8. The summed E-state index contributed by atoms with van der Waals surface area (Å²) in [6, 6.07) is 8.40. The first kappa shape index (κ1) is 32.5. The quantitative estimate of drug-likeness (QED) is 0.348. The lowest BCUT2D eigenvalue weighted by molar-refractivity contribution is -0.129. The van der Waals surface area contributed by atoms with Crippen molar-refractivity contribution in [3.63, 3.8) is 0 Å².